The predicted molar refractivity (Wildman–Crippen MR) is 52.7 cm³/mol. The summed E-state index contributed by atoms with van der Waals surface area (Å²) in [7, 11) is 0. The molecule has 78 valence electrons. The van der Waals surface area contributed by atoms with E-state index in [-0.39, 0.29) is 6.04 Å². The molecule has 2 N–H and O–H groups in total. The third-order valence-electron chi connectivity index (χ3n) is 2.93. The van der Waals surface area contributed by atoms with Gasteiger partial charge < -0.3 is 10.3 Å². The fraction of sp³-hybridized carbons (Fsp3) is 0.800. The van der Waals surface area contributed by atoms with Crippen molar-refractivity contribution in [1.82, 2.24) is 10.1 Å². The summed E-state index contributed by atoms with van der Waals surface area (Å²) in [6, 6.07) is -0.0414. The van der Waals surface area contributed by atoms with Crippen LogP contribution < -0.4 is 5.73 Å². The van der Waals surface area contributed by atoms with Crippen LogP contribution in [0.4, 0.5) is 0 Å². The summed E-state index contributed by atoms with van der Waals surface area (Å²) in [6.45, 7) is 4.21. The molecule has 0 aromatic carbocycles. The van der Waals surface area contributed by atoms with E-state index in [1.807, 2.05) is 0 Å². The second-order valence-electron chi connectivity index (χ2n) is 4.16. The van der Waals surface area contributed by atoms with Crippen molar-refractivity contribution in [2.24, 2.45) is 11.7 Å². The molecule has 1 saturated carbocycles. The summed E-state index contributed by atoms with van der Waals surface area (Å²) >= 11 is 0. The van der Waals surface area contributed by atoms with E-state index in [1.54, 1.807) is 0 Å². The highest BCUT2D eigenvalue weighted by Crippen LogP contribution is 2.38. The van der Waals surface area contributed by atoms with Gasteiger partial charge in [0.1, 0.15) is 0 Å². The molecule has 14 heavy (non-hydrogen) atoms. The first kappa shape index (κ1) is 9.65. The Bertz CT molecular complexity index is 306. The van der Waals surface area contributed by atoms with E-state index in [9.17, 15) is 0 Å². The lowest BCUT2D eigenvalue weighted by atomic mass is 10.1. The molecule has 4 nitrogen and oxygen atoms in total. The van der Waals surface area contributed by atoms with Crippen molar-refractivity contribution < 1.29 is 4.52 Å². The van der Waals surface area contributed by atoms with Gasteiger partial charge in [-0.1, -0.05) is 19.0 Å². The van der Waals surface area contributed by atoms with E-state index < -0.39 is 0 Å². The van der Waals surface area contributed by atoms with Gasteiger partial charge in [0, 0.05) is 5.92 Å². The van der Waals surface area contributed by atoms with Gasteiger partial charge in [-0.25, -0.2) is 0 Å². The van der Waals surface area contributed by atoms with Crippen molar-refractivity contribution in [2.45, 2.75) is 45.1 Å². The predicted octanol–water partition coefficient (Wildman–Crippen LogP) is 1.99. The molecule has 1 fully saturated rings. The number of rotatable bonds is 4. The number of nitrogens with two attached hydrogens (primary N) is 1. The summed E-state index contributed by atoms with van der Waals surface area (Å²) < 4.78 is 5.16. The fourth-order valence-corrected chi connectivity index (χ4v) is 1.42. The highest BCUT2D eigenvalue weighted by molar-refractivity contribution is 5.00. The van der Waals surface area contributed by atoms with Gasteiger partial charge in [-0.3, -0.25) is 0 Å². The second-order valence-corrected chi connectivity index (χ2v) is 4.16. The third kappa shape index (κ3) is 1.80. The largest absolute Gasteiger partial charge is 0.338 e. The molecule has 1 aliphatic carbocycles. The standard InChI is InChI=1S/C10H17N3O/c1-3-6(2)9-12-10(14-13-9)8(11)7-4-5-7/h6-8H,3-5,11H2,1-2H3. The van der Waals surface area contributed by atoms with Crippen LogP contribution in [0.1, 0.15) is 56.8 Å². The monoisotopic (exact) mass is 195 g/mol. The summed E-state index contributed by atoms with van der Waals surface area (Å²) in [5.41, 5.74) is 5.96. The minimum absolute atomic E-state index is 0.0414. The van der Waals surface area contributed by atoms with Gasteiger partial charge in [0.15, 0.2) is 5.82 Å². The molecule has 0 radical (unpaired) electrons. The first-order chi connectivity index (χ1) is 6.72. The summed E-state index contributed by atoms with van der Waals surface area (Å²) in [6.07, 6.45) is 3.42. The summed E-state index contributed by atoms with van der Waals surface area (Å²) in [5.74, 6) is 2.33. The van der Waals surface area contributed by atoms with E-state index in [1.165, 1.54) is 12.8 Å². The molecule has 0 aliphatic heterocycles. The third-order valence-corrected chi connectivity index (χ3v) is 2.93. The number of nitrogens with zero attached hydrogens (tertiary/aromatic N) is 2. The molecule has 2 rings (SSSR count). The lowest BCUT2D eigenvalue weighted by Gasteiger charge is -2.02. The maximum atomic E-state index is 5.96. The Morgan fingerprint density at radius 2 is 2.29 bits per heavy atom. The molecule has 0 amide bonds. The molecule has 2 atom stereocenters. The van der Waals surface area contributed by atoms with Crippen LogP contribution in [0.3, 0.4) is 0 Å². The van der Waals surface area contributed by atoms with Gasteiger partial charge in [-0.05, 0) is 25.2 Å². The average molecular weight is 195 g/mol. The minimum Gasteiger partial charge on any atom is -0.338 e. The fourth-order valence-electron chi connectivity index (χ4n) is 1.42. The smallest absolute Gasteiger partial charge is 0.243 e. The highest BCUT2D eigenvalue weighted by atomic mass is 16.5. The zero-order valence-corrected chi connectivity index (χ0v) is 8.73. The van der Waals surface area contributed by atoms with Crippen LogP contribution in [0.15, 0.2) is 4.52 Å². The van der Waals surface area contributed by atoms with E-state index in [0.29, 0.717) is 17.7 Å². The van der Waals surface area contributed by atoms with E-state index in [0.717, 1.165) is 12.2 Å². The van der Waals surface area contributed by atoms with Crippen LogP contribution in [-0.2, 0) is 0 Å². The lowest BCUT2D eigenvalue weighted by molar-refractivity contribution is 0.338. The summed E-state index contributed by atoms with van der Waals surface area (Å²) in [5, 5.41) is 3.95. The summed E-state index contributed by atoms with van der Waals surface area (Å²) in [4.78, 5) is 4.34. The number of hydrogen-bond donors (Lipinski definition) is 1. The molecule has 0 spiro atoms. The lowest BCUT2D eigenvalue weighted by Crippen LogP contribution is -2.12. The van der Waals surface area contributed by atoms with E-state index in [4.69, 9.17) is 10.3 Å². The Hall–Kier alpha value is -0.900. The van der Waals surface area contributed by atoms with Crippen LogP contribution >= 0.6 is 0 Å². The first-order valence-corrected chi connectivity index (χ1v) is 5.31. The van der Waals surface area contributed by atoms with Crippen molar-refractivity contribution in [3.8, 4) is 0 Å². The van der Waals surface area contributed by atoms with Gasteiger partial charge in [0.2, 0.25) is 5.89 Å². The SMILES string of the molecule is CCC(C)c1noc(C(N)C2CC2)n1. The van der Waals surface area contributed by atoms with Crippen LogP contribution in [0.5, 0.6) is 0 Å². The topological polar surface area (TPSA) is 64.9 Å². The molecule has 1 heterocycles. The molecular formula is C10H17N3O. The Kier molecular flexibility index (Phi) is 2.54. The Morgan fingerprint density at radius 1 is 1.57 bits per heavy atom. The maximum absolute atomic E-state index is 5.96. The van der Waals surface area contributed by atoms with Gasteiger partial charge in [-0.15, -0.1) is 0 Å². The Balaban J connectivity index is 2.08. The Morgan fingerprint density at radius 3 is 2.86 bits per heavy atom. The zero-order chi connectivity index (χ0) is 10.1. The van der Waals surface area contributed by atoms with Gasteiger partial charge in [0.05, 0.1) is 6.04 Å². The molecule has 0 saturated heterocycles. The molecular weight excluding hydrogens is 178 g/mol. The van der Waals surface area contributed by atoms with Crippen molar-refractivity contribution in [1.29, 1.82) is 0 Å². The molecule has 1 aromatic rings. The van der Waals surface area contributed by atoms with E-state index >= 15 is 0 Å². The Labute approximate surface area is 83.9 Å². The molecule has 2 unspecified atom stereocenters. The zero-order valence-electron chi connectivity index (χ0n) is 8.73. The van der Waals surface area contributed by atoms with Crippen molar-refractivity contribution >= 4 is 0 Å². The van der Waals surface area contributed by atoms with Crippen molar-refractivity contribution in [3.05, 3.63) is 11.7 Å². The maximum Gasteiger partial charge on any atom is 0.243 e. The highest BCUT2D eigenvalue weighted by Gasteiger charge is 2.33. The van der Waals surface area contributed by atoms with Crippen LogP contribution in [0.2, 0.25) is 0 Å². The van der Waals surface area contributed by atoms with Crippen LogP contribution in [0, 0.1) is 5.92 Å². The molecule has 4 heteroatoms. The van der Waals surface area contributed by atoms with Gasteiger partial charge in [0.25, 0.3) is 0 Å². The number of hydrogen-bond acceptors (Lipinski definition) is 4. The van der Waals surface area contributed by atoms with Crippen LogP contribution in [0.25, 0.3) is 0 Å². The van der Waals surface area contributed by atoms with Crippen molar-refractivity contribution in [2.75, 3.05) is 0 Å². The van der Waals surface area contributed by atoms with Gasteiger partial charge in [-0.2, -0.15) is 4.98 Å². The number of aromatic nitrogens is 2. The first-order valence-electron chi connectivity index (χ1n) is 5.31. The average Bonchev–Trinajstić information content (AvgIpc) is 2.93. The van der Waals surface area contributed by atoms with E-state index in [2.05, 4.69) is 24.0 Å². The molecule has 1 aliphatic rings. The molecule has 0 bridgehead atoms. The minimum atomic E-state index is -0.0414. The van der Waals surface area contributed by atoms with Crippen molar-refractivity contribution in [3.63, 3.8) is 0 Å². The van der Waals surface area contributed by atoms with Gasteiger partial charge >= 0.3 is 0 Å². The second kappa shape index (κ2) is 3.69. The normalized spacial score (nSPS) is 20.8. The quantitative estimate of drug-likeness (QED) is 0.798. The molecule has 1 aromatic heterocycles. The van der Waals surface area contributed by atoms with Crippen LogP contribution in [-0.4, -0.2) is 10.1 Å².